The summed E-state index contributed by atoms with van der Waals surface area (Å²) in [5.41, 5.74) is 6.91. The van der Waals surface area contributed by atoms with Crippen LogP contribution in [0.15, 0.2) is 53.6 Å². The monoisotopic (exact) mass is 365 g/mol. The summed E-state index contributed by atoms with van der Waals surface area (Å²) in [7, 11) is 0. The van der Waals surface area contributed by atoms with Gasteiger partial charge in [0.15, 0.2) is 5.76 Å². The Hall–Kier alpha value is -3.09. The van der Waals surface area contributed by atoms with Gasteiger partial charge in [-0.15, -0.1) is 0 Å². The van der Waals surface area contributed by atoms with E-state index >= 15 is 0 Å². The summed E-state index contributed by atoms with van der Waals surface area (Å²) < 4.78 is 5.40. The Bertz CT molecular complexity index is 982. The topological polar surface area (TPSA) is 90.3 Å². The van der Waals surface area contributed by atoms with Crippen molar-refractivity contribution in [3.8, 4) is 0 Å². The van der Waals surface area contributed by atoms with Crippen LogP contribution in [0.3, 0.4) is 0 Å². The molecule has 0 aliphatic rings. The molecule has 4 N–H and O–H groups in total. The van der Waals surface area contributed by atoms with Gasteiger partial charge in [-0.05, 0) is 54.8 Å². The smallest absolute Gasteiger partial charge is 0.310 e. The lowest BCUT2D eigenvalue weighted by molar-refractivity contribution is 0.0678. The van der Waals surface area contributed by atoms with Crippen LogP contribution in [0.4, 0.5) is 0 Å². The predicted molar refractivity (Wildman–Crippen MR) is 106 cm³/mol. The lowest BCUT2D eigenvalue weighted by atomic mass is 10.1. The number of carbonyl (C=O) groups excluding carboxylic acids is 1. The first-order chi connectivity index (χ1) is 13.1. The number of allylic oxidation sites excluding steroid dienone is 2. The fraction of sp³-hybridized carbons (Fsp3) is 0.190. The molecule has 0 radical (unpaired) electrons. The van der Waals surface area contributed by atoms with E-state index in [1.54, 1.807) is 17.6 Å². The Kier molecular flexibility index (Phi) is 5.90. The zero-order valence-corrected chi connectivity index (χ0v) is 15.2. The van der Waals surface area contributed by atoms with E-state index in [2.05, 4.69) is 29.9 Å². The number of carbonyl (C=O) groups is 1. The largest absolute Gasteiger partial charge is 0.451 e. The third-order valence-electron chi connectivity index (χ3n) is 4.42. The maximum absolute atomic E-state index is 11.4. The summed E-state index contributed by atoms with van der Waals surface area (Å²) in [6.45, 7) is 7.33. The van der Waals surface area contributed by atoms with Gasteiger partial charge in [-0.2, -0.15) is 0 Å². The van der Waals surface area contributed by atoms with E-state index in [0.717, 1.165) is 29.6 Å². The van der Waals surface area contributed by atoms with Gasteiger partial charge < -0.3 is 14.7 Å². The van der Waals surface area contributed by atoms with Crippen molar-refractivity contribution in [1.29, 1.82) is 0 Å². The third-order valence-corrected chi connectivity index (χ3v) is 4.42. The van der Waals surface area contributed by atoms with Crippen LogP contribution >= 0.6 is 0 Å². The molecule has 1 amide bonds. The number of hydrogen-bond acceptors (Lipinski definition) is 4. The van der Waals surface area contributed by atoms with E-state index in [9.17, 15) is 4.79 Å². The molecule has 6 heteroatoms. The van der Waals surface area contributed by atoms with Crippen molar-refractivity contribution < 1.29 is 14.4 Å². The van der Waals surface area contributed by atoms with Crippen LogP contribution in [-0.2, 0) is 13.0 Å². The first-order valence-electron chi connectivity index (χ1n) is 8.76. The molecule has 1 aromatic carbocycles. The molecule has 0 atom stereocenters. The zero-order chi connectivity index (χ0) is 19.2. The number of fused-ring (bicyclic) bond motifs is 1. The molecule has 2 heterocycles. The van der Waals surface area contributed by atoms with Crippen LogP contribution < -0.4 is 10.8 Å². The number of aryl methyl sites for hydroxylation is 1. The van der Waals surface area contributed by atoms with E-state index in [1.807, 2.05) is 30.5 Å². The summed E-state index contributed by atoms with van der Waals surface area (Å²) in [4.78, 5) is 14.7. The van der Waals surface area contributed by atoms with E-state index in [-0.39, 0.29) is 5.76 Å². The second-order valence-electron chi connectivity index (χ2n) is 6.30. The molecule has 0 saturated heterocycles. The molecule has 0 unspecified atom stereocenters. The Morgan fingerprint density at radius 1 is 1.37 bits per heavy atom. The van der Waals surface area contributed by atoms with E-state index in [1.165, 1.54) is 11.1 Å². The number of hydroxylamine groups is 1. The van der Waals surface area contributed by atoms with Gasteiger partial charge in [-0.25, -0.2) is 5.48 Å². The molecule has 0 aliphatic carbocycles. The molecular weight excluding hydrogens is 342 g/mol. The first-order valence-corrected chi connectivity index (χ1v) is 8.76. The maximum atomic E-state index is 11.4. The van der Waals surface area contributed by atoms with E-state index < -0.39 is 5.91 Å². The number of aromatic nitrogens is 1. The highest BCUT2D eigenvalue weighted by Crippen LogP contribution is 2.21. The van der Waals surface area contributed by atoms with Crippen molar-refractivity contribution >= 4 is 23.0 Å². The Morgan fingerprint density at radius 2 is 2.22 bits per heavy atom. The Balaban J connectivity index is 1.58. The fourth-order valence-corrected chi connectivity index (χ4v) is 3.02. The summed E-state index contributed by atoms with van der Waals surface area (Å²) in [5.74, 6) is -0.575. The minimum Gasteiger partial charge on any atom is -0.451 e. The van der Waals surface area contributed by atoms with Crippen molar-refractivity contribution in [3.05, 3.63) is 77.3 Å². The van der Waals surface area contributed by atoms with Crippen molar-refractivity contribution in [2.24, 2.45) is 0 Å². The van der Waals surface area contributed by atoms with Gasteiger partial charge in [0.25, 0.3) is 0 Å². The van der Waals surface area contributed by atoms with Crippen LogP contribution in [0, 0.1) is 6.92 Å². The summed E-state index contributed by atoms with van der Waals surface area (Å²) >= 11 is 0. The van der Waals surface area contributed by atoms with Crippen molar-refractivity contribution in [2.45, 2.75) is 19.9 Å². The lowest BCUT2D eigenvalue weighted by Gasteiger charge is -2.05. The van der Waals surface area contributed by atoms with Gasteiger partial charge in [0, 0.05) is 23.8 Å². The minimum absolute atomic E-state index is 0.0838. The molecule has 0 spiro atoms. The summed E-state index contributed by atoms with van der Waals surface area (Å²) in [6.07, 6.45) is 8.75. The number of aromatic amines is 1. The average molecular weight is 365 g/mol. The van der Waals surface area contributed by atoms with Crippen LogP contribution in [0.2, 0.25) is 0 Å². The summed E-state index contributed by atoms with van der Waals surface area (Å²) in [5, 5.41) is 13.0. The number of benzene rings is 1. The standard InChI is InChI=1S/C21H23N3O3/c1-3-4-5-18-14(2)23-13-16(18)8-9-22-12-15-6-7-19-17(10-15)11-20(27-19)21(25)24-26/h3-7,10-11,13,22-23,26H,1,8-9,12H2,2H3,(H,24,25)/b5-4-. The second-order valence-corrected chi connectivity index (χ2v) is 6.30. The molecule has 140 valence electrons. The first kappa shape index (κ1) is 18.7. The second kappa shape index (κ2) is 8.53. The van der Waals surface area contributed by atoms with Crippen LogP contribution in [0.25, 0.3) is 17.0 Å². The van der Waals surface area contributed by atoms with E-state index in [4.69, 9.17) is 9.62 Å². The number of rotatable bonds is 8. The fourth-order valence-electron chi connectivity index (χ4n) is 3.02. The highest BCUT2D eigenvalue weighted by Gasteiger charge is 2.11. The molecule has 27 heavy (non-hydrogen) atoms. The third kappa shape index (κ3) is 4.36. The van der Waals surface area contributed by atoms with Gasteiger partial charge in [0.2, 0.25) is 0 Å². The quantitative estimate of drug-likeness (QED) is 0.212. The number of nitrogens with one attached hydrogen (secondary N) is 3. The lowest BCUT2D eigenvalue weighted by Crippen LogP contribution is -2.17. The molecule has 0 aliphatic heterocycles. The molecule has 0 bridgehead atoms. The van der Waals surface area contributed by atoms with Crippen LogP contribution in [0.1, 0.15) is 32.9 Å². The average Bonchev–Trinajstić information content (AvgIpc) is 3.26. The highest BCUT2D eigenvalue weighted by atomic mass is 16.5. The van der Waals surface area contributed by atoms with Gasteiger partial charge in [-0.1, -0.05) is 30.9 Å². The minimum atomic E-state index is -0.658. The SMILES string of the molecule is C=C/C=C\c1c(CCNCc2ccc3oc(C(=O)NO)cc3c2)c[nH]c1C. The predicted octanol–water partition coefficient (Wildman–Crippen LogP) is 3.72. The van der Waals surface area contributed by atoms with E-state index in [0.29, 0.717) is 12.1 Å². The van der Waals surface area contributed by atoms with Gasteiger partial charge in [0.1, 0.15) is 5.58 Å². The molecule has 0 fully saturated rings. The Labute approximate surface area is 157 Å². The zero-order valence-electron chi connectivity index (χ0n) is 15.2. The van der Waals surface area contributed by atoms with Gasteiger partial charge in [0.05, 0.1) is 0 Å². The molecule has 6 nitrogen and oxygen atoms in total. The molecule has 3 rings (SSSR count). The Morgan fingerprint density at radius 3 is 3.00 bits per heavy atom. The summed E-state index contributed by atoms with van der Waals surface area (Å²) in [6, 6.07) is 7.37. The number of furan rings is 1. The van der Waals surface area contributed by atoms with Gasteiger partial charge >= 0.3 is 5.91 Å². The number of amides is 1. The van der Waals surface area contributed by atoms with Crippen molar-refractivity contribution in [1.82, 2.24) is 15.8 Å². The van der Waals surface area contributed by atoms with Crippen molar-refractivity contribution in [3.63, 3.8) is 0 Å². The van der Waals surface area contributed by atoms with Gasteiger partial charge in [-0.3, -0.25) is 10.0 Å². The molecule has 3 aromatic rings. The van der Waals surface area contributed by atoms with Crippen molar-refractivity contribution in [2.75, 3.05) is 6.54 Å². The normalized spacial score (nSPS) is 11.3. The number of H-pyrrole nitrogens is 1. The highest BCUT2D eigenvalue weighted by molar-refractivity contribution is 5.95. The maximum Gasteiger partial charge on any atom is 0.310 e. The van der Waals surface area contributed by atoms with Crippen LogP contribution in [0.5, 0.6) is 0 Å². The number of hydrogen-bond donors (Lipinski definition) is 4. The molecule has 0 saturated carbocycles. The van der Waals surface area contributed by atoms with Crippen LogP contribution in [-0.4, -0.2) is 22.6 Å². The molecule has 2 aromatic heterocycles. The molecular formula is C21H23N3O3.